The van der Waals surface area contributed by atoms with Crippen LogP contribution in [0, 0.1) is 0 Å². The van der Waals surface area contributed by atoms with Gasteiger partial charge < -0.3 is 9.64 Å². The third kappa shape index (κ3) is 4.25. The molecule has 3 heterocycles. The summed E-state index contributed by atoms with van der Waals surface area (Å²) in [4.78, 5) is 6.07. The second kappa shape index (κ2) is 7.67. The Kier molecular flexibility index (Phi) is 5.37. The monoisotopic (exact) mass is 318 g/mol. The number of hydrogen-bond donors (Lipinski definition) is 0. The van der Waals surface area contributed by atoms with Gasteiger partial charge in [0.1, 0.15) is 0 Å². The molecule has 0 spiro atoms. The van der Waals surface area contributed by atoms with Crippen LogP contribution in [0.1, 0.15) is 4.88 Å². The van der Waals surface area contributed by atoms with Crippen molar-refractivity contribution in [1.29, 1.82) is 0 Å². The Bertz CT molecular complexity index is 549. The molecular formula is C16H22N4OS. The van der Waals surface area contributed by atoms with Gasteiger partial charge in [-0.2, -0.15) is 5.10 Å². The fourth-order valence-corrected chi connectivity index (χ4v) is 3.41. The van der Waals surface area contributed by atoms with Crippen LogP contribution in [0.3, 0.4) is 0 Å². The van der Waals surface area contributed by atoms with E-state index in [0.29, 0.717) is 0 Å². The molecule has 0 N–H and O–H groups in total. The van der Waals surface area contributed by atoms with Gasteiger partial charge in [0.05, 0.1) is 12.7 Å². The Morgan fingerprint density at radius 1 is 1.41 bits per heavy atom. The number of anilines is 1. The van der Waals surface area contributed by atoms with Crippen molar-refractivity contribution >= 4 is 17.2 Å². The van der Waals surface area contributed by atoms with Crippen molar-refractivity contribution in [1.82, 2.24) is 15.1 Å². The zero-order chi connectivity index (χ0) is 15.2. The Morgan fingerprint density at radius 2 is 2.36 bits per heavy atom. The number of aromatic nitrogens is 2. The third-order valence-electron chi connectivity index (χ3n) is 3.90. The third-order valence-corrected chi connectivity index (χ3v) is 4.84. The van der Waals surface area contributed by atoms with Gasteiger partial charge in [-0.25, -0.2) is 0 Å². The molecule has 0 saturated carbocycles. The molecule has 0 aromatic carbocycles. The lowest BCUT2D eigenvalue weighted by molar-refractivity contribution is -0.0230. The molecule has 1 saturated heterocycles. The van der Waals surface area contributed by atoms with Crippen molar-refractivity contribution in [2.75, 3.05) is 44.7 Å². The Morgan fingerprint density at radius 3 is 3.14 bits per heavy atom. The fourth-order valence-electron chi connectivity index (χ4n) is 2.71. The highest BCUT2D eigenvalue weighted by Gasteiger charge is 2.22. The van der Waals surface area contributed by atoms with Crippen molar-refractivity contribution in [3.63, 3.8) is 0 Å². The van der Waals surface area contributed by atoms with Crippen LogP contribution in [-0.2, 0) is 11.2 Å². The van der Waals surface area contributed by atoms with Crippen LogP contribution < -0.4 is 4.90 Å². The molecule has 3 rings (SSSR count). The van der Waals surface area contributed by atoms with Gasteiger partial charge in [-0.15, -0.1) is 16.4 Å². The number of ether oxygens (including phenoxy) is 1. The summed E-state index contributed by atoms with van der Waals surface area (Å²) in [6.07, 6.45) is 3.05. The number of nitrogens with zero attached hydrogens (tertiary/aromatic N) is 4. The van der Waals surface area contributed by atoms with Crippen LogP contribution in [0.5, 0.6) is 0 Å². The molecule has 1 unspecified atom stereocenters. The summed E-state index contributed by atoms with van der Waals surface area (Å²) in [5, 5.41) is 10.2. The summed E-state index contributed by atoms with van der Waals surface area (Å²) < 4.78 is 5.91. The van der Waals surface area contributed by atoms with Crippen LogP contribution in [0.4, 0.5) is 5.82 Å². The molecule has 0 radical (unpaired) electrons. The quantitative estimate of drug-likeness (QED) is 0.814. The van der Waals surface area contributed by atoms with Gasteiger partial charge in [-0.3, -0.25) is 4.90 Å². The van der Waals surface area contributed by atoms with Gasteiger partial charge >= 0.3 is 0 Å². The maximum Gasteiger partial charge on any atom is 0.151 e. The smallest absolute Gasteiger partial charge is 0.151 e. The van der Waals surface area contributed by atoms with E-state index < -0.39 is 0 Å². The molecule has 1 fully saturated rings. The minimum Gasteiger partial charge on any atom is -0.374 e. The van der Waals surface area contributed by atoms with Gasteiger partial charge in [-0.1, -0.05) is 6.07 Å². The molecule has 0 aliphatic carbocycles. The van der Waals surface area contributed by atoms with Crippen LogP contribution in [-0.4, -0.2) is 61.0 Å². The summed E-state index contributed by atoms with van der Waals surface area (Å²) in [6, 6.07) is 8.22. The summed E-state index contributed by atoms with van der Waals surface area (Å²) >= 11 is 1.84. The van der Waals surface area contributed by atoms with E-state index in [1.165, 1.54) is 4.88 Å². The maximum absolute atomic E-state index is 5.91. The van der Waals surface area contributed by atoms with Gasteiger partial charge in [0.15, 0.2) is 5.82 Å². The second-order valence-electron chi connectivity index (χ2n) is 5.59. The molecule has 0 bridgehead atoms. The van der Waals surface area contributed by atoms with E-state index in [4.69, 9.17) is 4.74 Å². The number of morpholine rings is 1. The van der Waals surface area contributed by atoms with Crippen LogP contribution >= 0.6 is 11.3 Å². The van der Waals surface area contributed by atoms with E-state index in [1.807, 2.05) is 30.5 Å². The first-order valence-electron chi connectivity index (χ1n) is 7.66. The Labute approximate surface area is 135 Å². The molecule has 1 aliphatic rings. The van der Waals surface area contributed by atoms with E-state index in [2.05, 4.69) is 37.5 Å². The highest BCUT2D eigenvalue weighted by atomic mass is 32.1. The average molecular weight is 318 g/mol. The summed E-state index contributed by atoms with van der Waals surface area (Å²) in [7, 11) is 2.04. The topological polar surface area (TPSA) is 41.5 Å². The molecule has 2 aromatic heterocycles. The first kappa shape index (κ1) is 15.4. The predicted octanol–water partition coefficient (Wildman–Crippen LogP) is 1.92. The van der Waals surface area contributed by atoms with Crippen LogP contribution in [0.2, 0.25) is 0 Å². The number of hydrogen-bond acceptors (Lipinski definition) is 6. The largest absolute Gasteiger partial charge is 0.374 e. The average Bonchev–Trinajstić information content (AvgIpc) is 3.08. The van der Waals surface area contributed by atoms with Crippen LogP contribution in [0.15, 0.2) is 35.8 Å². The lowest BCUT2D eigenvalue weighted by atomic mass is 10.2. The van der Waals surface area contributed by atoms with E-state index in [0.717, 1.165) is 45.0 Å². The molecule has 1 aliphatic heterocycles. The minimum absolute atomic E-state index is 0.226. The molecule has 2 aromatic rings. The van der Waals surface area contributed by atoms with E-state index in [1.54, 1.807) is 6.20 Å². The van der Waals surface area contributed by atoms with E-state index >= 15 is 0 Å². The number of rotatable bonds is 6. The normalized spacial score (nSPS) is 19.2. The molecular weight excluding hydrogens is 296 g/mol. The van der Waals surface area contributed by atoms with Crippen molar-refractivity contribution in [3.05, 3.63) is 40.7 Å². The molecule has 0 amide bonds. The summed E-state index contributed by atoms with van der Waals surface area (Å²) in [5.41, 5.74) is 0. The van der Waals surface area contributed by atoms with Crippen molar-refractivity contribution in [2.24, 2.45) is 0 Å². The van der Waals surface area contributed by atoms with Crippen molar-refractivity contribution < 1.29 is 4.74 Å². The molecule has 6 heteroatoms. The second-order valence-corrected chi connectivity index (χ2v) is 6.62. The number of thiophene rings is 1. The van der Waals surface area contributed by atoms with Crippen molar-refractivity contribution in [2.45, 2.75) is 12.5 Å². The van der Waals surface area contributed by atoms with Gasteiger partial charge in [-0.05, 0) is 30.0 Å². The SMILES string of the molecule is CN(CC1CN(CCc2cccs2)CCO1)c1cccnn1. The number of likely N-dealkylation sites (N-methyl/N-ethyl adjacent to an activating group) is 1. The predicted molar refractivity (Wildman–Crippen MR) is 89.5 cm³/mol. The van der Waals surface area contributed by atoms with E-state index in [9.17, 15) is 0 Å². The van der Waals surface area contributed by atoms with Gasteiger partial charge in [0.25, 0.3) is 0 Å². The lowest BCUT2D eigenvalue weighted by Gasteiger charge is -2.34. The zero-order valence-corrected chi connectivity index (χ0v) is 13.7. The molecule has 118 valence electrons. The van der Waals surface area contributed by atoms with Gasteiger partial charge in [0, 0.05) is 44.3 Å². The lowest BCUT2D eigenvalue weighted by Crippen LogP contribution is -2.47. The summed E-state index contributed by atoms with van der Waals surface area (Å²) in [5.74, 6) is 0.891. The van der Waals surface area contributed by atoms with Crippen molar-refractivity contribution in [3.8, 4) is 0 Å². The maximum atomic E-state index is 5.91. The standard InChI is InChI=1S/C16H22N4OS/c1-19(16-5-2-7-17-18-16)12-14-13-20(9-10-21-14)8-6-15-4-3-11-22-15/h2-5,7,11,14H,6,8-10,12-13H2,1H3. The first-order chi connectivity index (χ1) is 10.8. The van der Waals surface area contributed by atoms with Crippen LogP contribution in [0.25, 0.3) is 0 Å². The molecule has 1 atom stereocenters. The van der Waals surface area contributed by atoms with Gasteiger partial charge in [0.2, 0.25) is 0 Å². The fraction of sp³-hybridized carbons (Fsp3) is 0.500. The Balaban J connectivity index is 1.48. The highest BCUT2D eigenvalue weighted by Crippen LogP contribution is 2.13. The first-order valence-corrected chi connectivity index (χ1v) is 8.54. The molecule has 5 nitrogen and oxygen atoms in total. The highest BCUT2D eigenvalue weighted by molar-refractivity contribution is 7.09. The summed E-state index contributed by atoms with van der Waals surface area (Å²) in [6.45, 7) is 4.76. The Hall–Kier alpha value is -1.50. The zero-order valence-electron chi connectivity index (χ0n) is 12.9. The van der Waals surface area contributed by atoms with E-state index in [-0.39, 0.29) is 6.10 Å². The minimum atomic E-state index is 0.226. The molecule has 22 heavy (non-hydrogen) atoms.